The molecule has 1 heterocycles. The Bertz CT molecular complexity index is 521. The highest BCUT2D eigenvalue weighted by Gasteiger charge is 2.05. The van der Waals surface area contributed by atoms with E-state index in [1.54, 1.807) is 12.1 Å². The largest absolute Gasteiger partial charge is 0.338 e. The van der Waals surface area contributed by atoms with Gasteiger partial charge in [-0.25, -0.2) is 9.37 Å². The maximum absolute atomic E-state index is 13.3. The minimum Gasteiger partial charge on any atom is -0.338 e. The van der Waals surface area contributed by atoms with Crippen LogP contribution in [0.4, 0.5) is 15.9 Å². The van der Waals surface area contributed by atoms with E-state index in [1.807, 2.05) is 12.1 Å². The van der Waals surface area contributed by atoms with E-state index in [0.29, 0.717) is 5.69 Å². The molecule has 0 aliphatic heterocycles. The number of nitrogens with one attached hydrogen (secondary N) is 1. The van der Waals surface area contributed by atoms with Crippen LogP contribution in [-0.4, -0.2) is 9.97 Å². The summed E-state index contributed by atoms with van der Waals surface area (Å²) in [5.41, 5.74) is 0.711. The maximum atomic E-state index is 13.3. The van der Waals surface area contributed by atoms with E-state index in [1.165, 1.54) is 0 Å². The Morgan fingerprint density at radius 2 is 2.19 bits per heavy atom. The van der Waals surface area contributed by atoms with Crippen molar-refractivity contribution >= 4 is 39.0 Å². The topological polar surface area (TPSA) is 37.8 Å². The van der Waals surface area contributed by atoms with Gasteiger partial charge in [-0.15, -0.1) is 0 Å². The Balaban J connectivity index is 2.30. The summed E-state index contributed by atoms with van der Waals surface area (Å²) in [4.78, 5) is 7.28. The van der Waals surface area contributed by atoms with E-state index in [2.05, 4.69) is 31.2 Å². The van der Waals surface area contributed by atoms with Crippen molar-refractivity contribution in [3.63, 3.8) is 0 Å². The molecular weight excluding hydrogens is 296 g/mol. The fraction of sp³-hybridized carbons (Fsp3) is 0. The normalized spacial score (nSPS) is 10.2. The van der Waals surface area contributed by atoms with Crippen LogP contribution in [0.25, 0.3) is 0 Å². The van der Waals surface area contributed by atoms with Crippen LogP contribution in [0.15, 0.2) is 34.9 Å². The second-order valence-electron chi connectivity index (χ2n) is 2.97. The highest BCUT2D eigenvalue weighted by molar-refractivity contribution is 9.10. The van der Waals surface area contributed by atoms with E-state index in [-0.39, 0.29) is 11.1 Å². The summed E-state index contributed by atoms with van der Waals surface area (Å²) in [6.45, 7) is 0. The van der Waals surface area contributed by atoms with Crippen molar-refractivity contribution in [1.29, 1.82) is 0 Å². The molecule has 0 saturated carbocycles. The number of anilines is 2. The monoisotopic (exact) mass is 301 g/mol. The molecule has 0 radical (unpaired) electrons. The molecule has 0 aliphatic rings. The SMILES string of the molecule is Fc1cnc(Cl)nc1Nc1cccc(Br)c1. The smallest absolute Gasteiger partial charge is 0.224 e. The minimum atomic E-state index is -0.552. The van der Waals surface area contributed by atoms with Crippen LogP contribution in [0.5, 0.6) is 0 Å². The van der Waals surface area contributed by atoms with Gasteiger partial charge in [-0.1, -0.05) is 22.0 Å². The highest BCUT2D eigenvalue weighted by atomic mass is 79.9. The number of benzene rings is 1. The molecule has 1 aromatic heterocycles. The van der Waals surface area contributed by atoms with Crippen molar-refractivity contribution in [2.45, 2.75) is 0 Å². The Morgan fingerprint density at radius 3 is 2.94 bits per heavy atom. The molecule has 1 aromatic carbocycles. The Labute approximate surface area is 105 Å². The predicted molar refractivity (Wildman–Crippen MR) is 64.4 cm³/mol. The third-order valence-electron chi connectivity index (χ3n) is 1.80. The van der Waals surface area contributed by atoms with Gasteiger partial charge in [-0.2, -0.15) is 4.98 Å². The van der Waals surface area contributed by atoms with Gasteiger partial charge in [0.15, 0.2) is 11.6 Å². The van der Waals surface area contributed by atoms with Crippen LogP contribution in [0, 0.1) is 5.82 Å². The molecule has 0 saturated heterocycles. The number of nitrogens with zero attached hydrogens (tertiary/aromatic N) is 2. The summed E-state index contributed by atoms with van der Waals surface area (Å²) in [6.07, 6.45) is 1.02. The van der Waals surface area contributed by atoms with Gasteiger partial charge in [0.25, 0.3) is 0 Å². The lowest BCUT2D eigenvalue weighted by atomic mass is 10.3. The van der Waals surface area contributed by atoms with E-state index < -0.39 is 5.82 Å². The molecule has 3 nitrogen and oxygen atoms in total. The van der Waals surface area contributed by atoms with E-state index in [4.69, 9.17) is 11.6 Å². The highest BCUT2D eigenvalue weighted by Crippen LogP contribution is 2.21. The third-order valence-corrected chi connectivity index (χ3v) is 2.48. The number of hydrogen-bond donors (Lipinski definition) is 1. The van der Waals surface area contributed by atoms with Crippen LogP contribution in [0.2, 0.25) is 5.28 Å². The Hall–Kier alpha value is -1.20. The predicted octanol–water partition coefficient (Wildman–Crippen LogP) is 3.78. The standard InChI is InChI=1S/C10H6BrClFN3/c11-6-2-1-3-7(4-6)15-9-8(13)5-14-10(12)16-9/h1-5H,(H,14,15,16). The lowest BCUT2D eigenvalue weighted by molar-refractivity contribution is 0.619. The molecule has 0 amide bonds. The van der Waals surface area contributed by atoms with Crippen molar-refractivity contribution in [2.75, 3.05) is 5.32 Å². The van der Waals surface area contributed by atoms with Gasteiger partial charge >= 0.3 is 0 Å². The summed E-state index contributed by atoms with van der Waals surface area (Å²) >= 11 is 8.89. The van der Waals surface area contributed by atoms with Crippen molar-refractivity contribution in [1.82, 2.24) is 9.97 Å². The summed E-state index contributed by atoms with van der Waals surface area (Å²) in [7, 11) is 0. The molecule has 2 aromatic rings. The third kappa shape index (κ3) is 2.68. The van der Waals surface area contributed by atoms with Gasteiger partial charge in [0, 0.05) is 10.2 Å². The lowest BCUT2D eigenvalue weighted by Gasteiger charge is -2.06. The van der Waals surface area contributed by atoms with Crippen LogP contribution >= 0.6 is 27.5 Å². The van der Waals surface area contributed by atoms with Crippen molar-refractivity contribution in [3.05, 3.63) is 46.0 Å². The molecule has 2 rings (SSSR count). The Kier molecular flexibility index (Phi) is 3.36. The molecule has 0 bridgehead atoms. The molecule has 0 aliphatic carbocycles. The fourth-order valence-corrected chi connectivity index (χ4v) is 1.67. The molecular formula is C10H6BrClFN3. The summed E-state index contributed by atoms with van der Waals surface area (Å²) in [5, 5.41) is 2.81. The van der Waals surface area contributed by atoms with Gasteiger partial charge in [-0.3, -0.25) is 0 Å². The first kappa shape index (κ1) is 11.3. The molecule has 0 atom stereocenters. The summed E-state index contributed by atoms with van der Waals surface area (Å²) in [5.74, 6) is -0.498. The zero-order valence-corrected chi connectivity index (χ0v) is 10.3. The minimum absolute atomic E-state index is 0.00102. The second kappa shape index (κ2) is 4.76. The molecule has 1 N–H and O–H groups in total. The molecule has 82 valence electrons. The summed E-state index contributed by atoms with van der Waals surface area (Å²) in [6, 6.07) is 7.29. The first-order valence-electron chi connectivity index (χ1n) is 4.36. The number of rotatable bonds is 2. The quantitative estimate of drug-likeness (QED) is 0.858. The molecule has 6 heteroatoms. The van der Waals surface area contributed by atoms with E-state index in [0.717, 1.165) is 10.7 Å². The zero-order valence-electron chi connectivity index (χ0n) is 7.92. The van der Waals surface area contributed by atoms with Crippen LogP contribution < -0.4 is 5.32 Å². The average Bonchev–Trinajstić information content (AvgIpc) is 2.24. The van der Waals surface area contributed by atoms with Gasteiger partial charge in [0.1, 0.15) is 0 Å². The lowest BCUT2D eigenvalue weighted by Crippen LogP contribution is -1.98. The molecule has 0 fully saturated rings. The molecule has 0 spiro atoms. The molecule has 0 unspecified atom stereocenters. The maximum Gasteiger partial charge on any atom is 0.224 e. The van der Waals surface area contributed by atoms with E-state index in [9.17, 15) is 4.39 Å². The first-order valence-corrected chi connectivity index (χ1v) is 5.53. The average molecular weight is 303 g/mol. The second-order valence-corrected chi connectivity index (χ2v) is 4.22. The number of aromatic nitrogens is 2. The van der Waals surface area contributed by atoms with E-state index >= 15 is 0 Å². The Morgan fingerprint density at radius 1 is 1.38 bits per heavy atom. The van der Waals surface area contributed by atoms with Gasteiger partial charge in [0.05, 0.1) is 6.20 Å². The van der Waals surface area contributed by atoms with Gasteiger partial charge < -0.3 is 5.32 Å². The number of halogens is 3. The number of hydrogen-bond acceptors (Lipinski definition) is 3. The zero-order chi connectivity index (χ0) is 11.5. The van der Waals surface area contributed by atoms with Crippen LogP contribution in [0.1, 0.15) is 0 Å². The molecule has 16 heavy (non-hydrogen) atoms. The van der Waals surface area contributed by atoms with Crippen molar-refractivity contribution in [3.8, 4) is 0 Å². The van der Waals surface area contributed by atoms with Crippen LogP contribution in [-0.2, 0) is 0 Å². The van der Waals surface area contributed by atoms with Crippen molar-refractivity contribution in [2.24, 2.45) is 0 Å². The fourth-order valence-electron chi connectivity index (χ4n) is 1.14. The van der Waals surface area contributed by atoms with Gasteiger partial charge in [-0.05, 0) is 29.8 Å². The summed E-state index contributed by atoms with van der Waals surface area (Å²) < 4.78 is 14.2. The van der Waals surface area contributed by atoms with Gasteiger partial charge in [0.2, 0.25) is 5.28 Å². The van der Waals surface area contributed by atoms with Crippen molar-refractivity contribution < 1.29 is 4.39 Å². The van der Waals surface area contributed by atoms with Crippen LogP contribution in [0.3, 0.4) is 0 Å². The first-order chi connectivity index (χ1) is 7.65.